The highest BCUT2D eigenvalue weighted by Crippen LogP contribution is 2.31. The van der Waals surface area contributed by atoms with Crippen LogP contribution >= 0.6 is 27.5 Å². The zero-order valence-electron chi connectivity index (χ0n) is 11.0. The van der Waals surface area contributed by atoms with Crippen LogP contribution in [0.1, 0.15) is 27.1 Å². The summed E-state index contributed by atoms with van der Waals surface area (Å²) in [5, 5.41) is 0.386. The molecule has 2 aromatic rings. The monoisotopic (exact) mass is 363 g/mol. The number of amides is 1. The van der Waals surface area contributed by atoms with Gasteiger partial charge in [0.15, 0.2) is 5.78 Å². The summed E-state index contributed by atoms with van der Waals surface area (Å²) in [6.07, 6.45) is 0.328. The average Bonchev–Trinajstić information content (AvgIpc) is 2.50. The first kappa shape index (κ1) is 14.3. The van der Waals surface area contributed by atoms with Crippen LogP contribution in [0.2, 0.25) is 5.02 Å². The van der Waals surface area contributed by atoms with Crippen molar-refractivity contribution in [3.8, 4) is 0 Å². The summed E-state index contributed by atoms with van der Waals surface area (Å²) in [4.78, 5) is 26.3. The Morgan fingerprint density at radius 3 is 2.71 bits per heavy atom. The van der Waals surface area contributed by atoms with Crippen LogP contribution in [0.4, 0.5) is 5.69 Å². The number of para-hydroxylation sites is 1. The molecule has 0 saturated carbocycles. The maximum absolute atomic E-state index is 12.8. The molecule has 3 nitrogen and oxygen atoms in total. The van der Waals surface area contributed by atoms with Gasteiger partial charge in [0, 0.05) is 23.0 Å². The van der Waals surface area contributed by atoms with E-state index in [0.717, 1.165) is 0 Å². The van der Waals surface area contributed by atoms with Crippen molar-refractivity contribution < 1.29 is 9.59 Å². The van der Waals surface area contributed by atoms with Gasteiger partial charge in [-0.2, -0.15) is 0 Å². The molecule has 0 aromatic heterocycles. The maximum atomic E-state index is 12.8. The number of halogens is 2. The van der Waals surface area contributed by atoms with Crippen LogP contribution in [-0.4, -0.2) is 18.2 Å². The number of carbonyl (C=O) groups is 2. The molecule has 5 heteroatoms. The van der Waals surface area contributed by atoms with Gasteiger partial charge in [0.2, 0.25) is 0 Å². The summed E-state index contributed by atoms with van der Waals surface area (Å²) < 4.78 is 0.677. The van der Waals surface area contributed by atoms with Crippen LogP contribution in [0.25, 0.3) is 0 Å². The zero-order chi connectivity index (χ0) is 15.0. The molecule has 0 atom stereocenters. The largest absolute Gasteiger partial charge is 0.307 e. The Kier molecular flexibility index (Phi) is 3.83. The first-order valence-electron chi connectivity index (χ1n) is 6.47. The first-order chi connectivity index (χ1) is 10.1. The van der Waals surface area contributed by atoms with Crippen LogP contribution in [0.5, 0.6) is 0 Å². The topological polar surface area (TPSA) is 37.4 Å². The van der Waals surface area contributed by atoms with Gasteiger partial charge in [-0.15, -0.1) is 0 Å². The minimum Gasteiger partial charge on any atom is -0.307 e. The van der Waals surface area contributed by atoms with Crippen molar-refractivity contribution in [3.63, 3.8) is 0 Å². The van der Waals surface area contributed by atoms with Crippen molar-refractivity contribution in [1.82, 2.24) is 0 Å². The van der Waals surface area contributed by atoms with E-state index in [2.05, 4.69) is 15.9 Å². The highest BCUT2D eigenvalue weighted by molar-refractivity contribution is 9.10. The smallest absolute Gasteiger partial charge is 0.259 e. The predicted octanol–water partition coefficient (Wildman–Crippen LogP) is 4.34. The number of hydrogen-bond acceptors (Lipinski definition) is 2. The lowest BCUT2D eigenvalue weighted by atomic mass is 9.99. The van der Waals surface area contributed by atoms with Crippen molar-refractivity contribution in [2.75, 3.05) is 11.4 Å². The van der Waals surface area contributed by atoms with Crippen molar-refractivity contribution >= 4 is 44.9 Å². The van der Waals surface area contributed by atoms with Gasteiger partial charge in [-0.3, -0.25) is 9.59 Å². The second-order valence-corrected chi connectivity index (χ2v) is 5.98. The van der Waals surface area contributed by atoms with E-state index in [0.29, 0.717) is 39.3 Å². The SMILES string of the molecule is O=C1CCN(C(=O)c2cccc(Br)c2Cl)c2ccccc21. The van der Waals surface area contributed by atoms with Crippen molar-refractivity contribution in [2.24, 2.45) is 0 Å². The molecule has 0 spiro atoms. The van der Waals surface area contributed by atoms with E-state index in [9.17, 15) is 9.59 Å². The second kappa shape index (κ2) is 5.62. The predicted molar refractivity (Wildman–Crippen MR) is 86.2 cm³/mol. The van der Waals surface area contributed by atoms with E-state index in [1.54, 1.807) is 41.3 Å². The number of ketones is 1. The fraction of sp³-hybridized carbons (Fsp3) is 0.125. The molecule has 1 heterocycles. The molecule has 0 fully saturated rings. The third kappa shape index (κ3) is 2.49. The summed E-state index contributed by atoms with van der Waals surface area (Å²) in [5.41, 5.74) is 1.66. The van der Waals surface area contributed by atoms with Crippen molar-refractivity contribution in [1.29, 1.82) is 0 Å². The molecular weight excluding hydrogens is 354 g/mol. The van der Waals surface area contributed by atoms with Gasteiger partial charge in [-0.25, -0.2) is 0 Å². The quantitative estimate of drug-likeness (QED) is 0.755. The molecule has 1 aliphatic rings. The molecule has 106 valence electrons. The van der Waals surface area contributed by atoms with E-state index in [1.165, 1.54) is 0 Å². The van der Waals surface area contributed by atoms with E-state index in [1.807, 2.05) is 6.07 Å². The van der Waals surface area contributed by atoms with Gasteiger partial charge in [0.25, 0.3) is 5.91 Å². The van der Waals surface area contributed by atoms with Gasteiger partial charge >= 0.3 is 0 Å². The Balaban J connectivity index is 2.05. The molecular formula is C16H11BrClNO2. The summed E-state index contributed by atoms with van der Waals surface area (Å²) in [6, 6.07) is 12.4. The molecule has 1 aliphatic heterocycles. The molecule has 3 rings (SSSR count). The average molecular weight is 365 g/mol. The van der Waals surface area contributed by atoms with Gasteiger partial charge < -0.3 is 4.90 Å². The van der Waals surface area contributed by atoms with Gasteiger partial charge in [-0.05, 0) is 40.2 Å². The number of fused-ring (bicyclic) bond motifs is 1. The molecule has 0 radical (unpaired) electrons. The number of anilines is 1. The standard InChI is InChI=1S/C16H11BrClNO2/c17-12-6-3-5-11(15(12)18)16(21)19-9-8-14(20)10-4-1-2-7-13(10)19/h1-7H,8-9H2. The van der Waals surface area contributed by atoms with E-state index >= 15 is 0 Å². The highest BCUT2D eigenvalue weighted by atomic mass is 79.9. The lowest BCUT2D eigenvalue weighted by Gasteiger charge is -2.29. The molecule has 0 saturated heterocycles. The normalized spacial score (nSPS) is 14.0. The Labute approximate surface area is 135 Å². The zero-order valence-corrected chi connectivity index (χ0v) is 13.3. The van der Waals surface area contributed by atoms with E-state index < -0.39 is 0 Å². The van der Waals surface area contributed by atoms with Crippen molar-refractivity contribution in [3.05, 3.63) is 63.1 Å². The summed E-state index contributed by atoms with van der Waals surface area (Å²) in [6.45, 7) is 0.373. The van der Waals surface area contributed by atoms with Gasteiger partial charge in [0.05, 0.1) is 16.3 Å². The lowest BCUT2D eigenvalue weighted by molar-refractivity contribution is 0.0955. The lowest BCUT2D eigenvalue weighted by Crippen LogP contribution is -2.37. The summed E-state index contributed by atoms with van der Waals surface area (Å²) in [5.74, 6) is -0.128. The minimum atomic E-state index is -0.193. The Morgan fingerprint density at radius 2 is 1.90 bits per heavy atom. The number of carbonyl (C=O) groups excluding carboxylic acids is 2. The van der Waals surface area contributed by atoms with Crippen LogP contribution < -0.4 is 4.90 Å². The Morgan fingerprint density at radius 1 is 1.14 bits per heavy atom. The second-order valence-electron chi connectivity index (χ2n) is 4.75. The van der Waals surface area contributed by atoms with Gasteiger partial charge in [-0.1, -0.05) is 29.8 Å². The van der Waals surface area contributed by atoms with Crippen LogP contribution in [0.15, 0.2) is 46.9 Å². The van der Waals surface area contributed by atoms with Crippen molar-refractivity contribution in [2.45, 2.75) is 6.42 Å². The molecule has 0 N–H and O–H groups in total. The Bertz CT molecular complexity index is 745. The van der Waals surface area contributed by atoms with Crippen LogP contribution in [-0.2, 0) is 0 Å². The molecule has 0 bridgehead atoms. The van der Waals surface area contributed by atoms with E-state index in [-0.39, 0.29) is 11.7 Å². The third-order valence-corrected chi connectivity index (χ3v) is 4.78. The van der Waals surface area contributed by atoms with Crippen LogP contribution in [0.3, 0.4) is 0 Å². The number of hydrogen-bond donors (Lipinski definition) is 0. The number of nitrogens with zero attached hydrogens (tertiary/aromatic N) is 1. The first-order valence-corrected chi connectivity index (χ1v) is 7.65. The fourth-order valence-corrected chi connectivity index (χ4v) is 3.01. The molecule has 0 unspecified atom stereocenters. The highest BCUT2D eigenvalue weighted by Gasteiger charge is 2.28. The van der Waals surface area contributed by atoms with E-state index in [4.69, 9.17) is 11.6 Å². The fourth-order valence-electron chi connectivity index (χ4n) is 2.44. The molecule has 2 aromatic carbocycles. The molecule has 1 amide bonds. The third-order valence-electron chi connectivity index (χ3n) is 3.48. The number of Topliss-reactive ketones (excluding diaryl/α,β-unsaturated/α-hetero) is 1. The number of rotatable bonds is 1. The molecule has 0 aliphatic carbocycles. The molecule has 21 heavy (non-hydrogen) atoms. The maximum Gasteiger partial charge on any atom is 0.259 e. The Hall–Kier alpha value is -1.65. The summed E-state index contributed by atoms with van der Waals surface area (Å²) in [7, 11) is 0. The minimum absolute atomic E-state index is 0.0648. The summed E-state index contributed by atoms with van der Waals surface area (Å²) >= 11 is 9.52. The number of benzene rings is 2. The van der Waals surface area contributed by atoms with Gasteiger partial charge in [0.1, 0.15) is 0 Å². The van der Waals surface area contributed by atoms with Crippen LogP contribution in [0, 0.1) is 0 Å².